The summed E-state index contributed by atoms with van der Waals surface area (Å²) in [7, 11) is 1.35. The Bertz CT molecular complexity index is 939. The minimum atomic E-state index is -0.409. The maximum atomic E-state index is 11.7. The first-order chi connectivity index (χ1) is 13.2. The number of nitrogens with one attached hydrogen (secondary N) is 1. The average molecular weight is 381 g/mol. The van der Waals surface area contributed by atoms with E-state index in [0.29, 0.717) is 23.1 Å². The zero-order valence-corrected chi connectivity index (χ0v) is 15.8. The summed E-state index contributed by atoms with van der Waals surface area (Å²) in [4.78, 5) is 16.2. The highest BCUT2D eigenvalue weighted by Gasteiger charge is 2.10. The Kier molecular flexibility index (Phi) is 6.17. The molecule has 6 nitrogen and oxygen atoms in total. The molecule has 0 unspecified atom stereocenters. The maximum Gasteiger partial charge on any atom is 0.337 e. The molecule has 1 aromatic heterocycles. The molecule has 2 aromatic carbocycles. The van der Waals surface area contributed by atoms with Gasteiger partial charge in [0.2, 0.25) is 5.13 Å². The standard InChI is InChI=1S/C20H19N3O3S/c1-3-26-18-11-15(19(24)25-2)9-10-16(18)12-21-23-20-22-17(13-27-20)14-7-5-4-6-8-14/h4-13H,3H2,1-2H3,(H,22,23). The fourth-order valence-electron chi connectivity index (χ4n) is 2.39. The maximum absolute atomic E-state index is 11.7. The van der Waals surface area contributed by atoms with Gasteiger partial charge in [-0.1, -0.05) is 30.3 Å². The van der Waals surface area contributed by atoms with E-state index in [9.17, 15) is 4.79 Å². The van der Waals surface area contributed by atoms with Gasteiger partial charge in [-0.25, -0.2) is 9.78 Å². The van der Waals surface area contributed by atoms with Gasteiger partial charge in [0.1, 0.15) is 5.75 Å². The molecule has 0 fully saturated rings. The summed E-state index contributed by atoms with van der Waals surface area (Å²) >= 11 is 1.47. The summed E-state index contributed by atoms with van der Waals surface area (Å²) in [5, 5.41) is 6.90. The SMILES string of the molecule is CCOc1cc(C(=O)OC)ccc1C=NNc1nc(-c2ccccc2)cs1. The van der Waals surface area contributed by atoms with Gasteiger partial charge >= 0.3 is 5.97 Å². The molecular formula is C20H19N3O3S. The van der Waals surface area contributed by atoms with Crippen LogP contribution in [-0.2, 0) is 4.74 Å². The van der Waals surface area contributed by atoms with E-state index in [1.54, 1.807) is 24.4 Å². The van der Waals surface area contributed by atoms with Crippen molar-refractivity contribution in [1.82, 2.24) is 4.98 Å². The molecule has 0 bridgehead atoms. The van der Waals surface area contributed by atoms with Crippen LogP contribution >= 0.6 is 11.3 Å². The first kappa shape index (κ1) is 18.6. The van der Waals surface area contributed by atoms with E-state index in [2.05, 4.69) is 15.5 Å². The number of hydrogen-bond acceptors (Lipinski definition) is 7. The molecule has 0 aliphatic carbocycles. The lowest BCUT2D eigenvalue weighted by molar-refractivity contribution is 0.0600. The summed E-state index contributed by atoms with van der Waals surface area (Å²) in [6, 6.07) is 15.0. The van der Waals surface area contributed by atoms with Crippen LogP contribution < -0.4 is 10.2 Å². The monoisotopic (exact) mass is 381 g/mol. The molecule has 0 spiro atoms. The number of aromatic nitrogens is 1. The largest absolute Gasteiger partial charge is 0.493 e. The van der Waals surface area contributed by atoms with Crippen molar-refractivity contribution in [3.05, 3.63) is 65.0 Å². The van der Waals surface area contributed by atoms with E-state index in [4.69, 9.17) is 9.47 Å². The lowest BCUT2D eigenvalue weighted by Crippen LogP contribution is -2.04. The molecule has 7 heteroatoms. The predicted molar refractivity (Wildman–Crippen MR) is 108 cm³/mol. The summed E-state index contributed by atoms with van der Waals surface area (Å²) < 4.78 is 10.3. The van der Waals surface area contributed by atoms with Crippen LogP contribution in [0.2, 0.25) is 0 Å². The van der Waals surface area contributed by atoms with Gasteiger partial charge in [0, 0.05) is 16.5 Å². The van der Waals surface area contributed by atoms with E-state index >= 15 is 0 Å². The number of carbonyl (C=O) groups excluding carboxylic acids is 1. The highest BCUT2D eigenvalue weighted by molar-refractivity contribution is 7.14. The Balaban J connectivity index is 1.72. The van der Waals surface area contributed by atoms with Crippen LogP contribution in [0.1, 0.15) is 22.8 Å². The number of esters is 1. The number of benzene rings is 2. The zero-order valence-electron chi connectivity index (χ0n) is 15.0. The van der Waals surface area contributed by atoms with Crippen molar-refractivity contribution >= 4 is 28.7 Å². The minimum absolute atomic E-state index is 0.409. The molecule has 27 heavy (non-hydrogen) atoms. The van der Waals surface area contributed by atoms with E-state index in [1.165, 1.54) is 18.4 Å². The molecule has 0 radical (unpaired) electrons. The smallest absolute Gasteiger partial charge is 0.337 e. The van der Waals surface area contributed by atoms with Crippen LogP contribution in [0.3, 0.4) is 0 Å². The van der Waals surface area contributed by atoms with Gasteiger partial charge in [0.25, 0.3) is 0 Å². The van der Waals surface area contributed by atoms with Gasteiger partial charge in [0.15, 0.2) is 0 Å². The lowest BCUT2D eigenvalue weighted by atomic mass is 10.1. The second-order valence-electron chi connectivity index (χ2n) is 5.45. The number of carbonyl (C=O) groups is 1. The van der Waals surface area contributed by atoms with Crippen LogP contribution in [0.15, 0.2) is 59.0 Å². The third-order valence-corrected chi connectivity index (χ3v) is 4.42. The van der Waals surface area contributed by atoms with Crippen molar-refractivity contribution in [3.8, 4) is 17.0 Å². The fourth-order valence-corrected chi connectivity index (χ4v) is 3.06. The topological polar surface area (TPSA) is 72.8 Å². The average Bonchev–Trinajstić information content (AvgIpc) is 3.18. The van der Waals surface area contributed by atoms with E-state index < -0.39 is 5.97 Å². The van der Waals surface area contributed by atoms with Gasteiger partial charge in [-0.2, -0.15) is 5.10 Å². The van der Waals surface area contributed by atoms with Crippen molar-refractivity contribution in [2.45, 2.75) is 6.92 Å². The third kappa shape index (κ3) is 4.71. The number of ether oxygens (including phenoxy) is 2. The van der Waals surface area contributed by atoms with Crippen molar-refractivity contribution in [3.63, 3.8) is 0 Å². The van der Waals surface area contributed by atoms with Crippen LogP contribution in [0, 0.1) is 0 Å². The van der Waals surface area contributed by atoms with Gasteiger partial charge in [-0.3, -0.25) is 5.43 Å². The van der Waals surface area contributed by atoms with E-state index in [-0.39, 0.29) is 0 Å². The Morgan fingerprint density at radius 2 is 2.07 bits per heavy atom. The van der Waals surface area contributed by atoms with Crippen LogP contribution in [0.4, 0.5) is 5.13 Å². The molecule has 0 amide bonds. The molecule has 1 N–H and O–H groups in total. The summed E-state index contributed by atoms with van der Waals surface area (Å²) in [5.41, 5.74) is 6.06. The number of rotatable bonds is 7. The molecule has 0 saturated heterocycles. The van der Waals surface area contributed by atoms with Crippen LogP contribution in [0.5, 0.6) is 5.75 Å². The van der Waals surface area contributed by atoms with Crippen molar-refractivity contribution in [2.24, 2.45) is 5.10 Å². The third-order valence-electron chi connectivity index (χ3n) is 3.67. The number of methoxy groups -OCH3 is 1. The zero-order chi connectivity index (χ0) is 19.1. The summed E-state index contributed by atoms with van der Waals surface area (Å²) in [6.07, 6.45) is 1.63. The lowest BCUT2D eigenvalue weighted by Gasteiger charge is -2.08. The molecule has 0 saturated carbocycles. The highest BCUT2D eigenvalue weighted by atomic mass is 32.1. The Morgan fingerprint density at radius 3 is 2.81 bits per heavy atom. The Labute approximate surface area is 161 Å². The van der Waals surface area contributed by atoms with Gasteiger partial charge in [-0.15, -0.1) is 11.3 Å². The summed E-state index contributed by atoms with van der Waals surface area (Å²) in [6.45, 7) is 2.36. The van der Waals surface area contributed by atoms with Gasteiger partial charge < -0.3 is 9.47 Å². The number of thiazole rings is 1. The molecule has 1 heterocycles. The molecule has 0 atom stereocenters. The molecule has 0 aliphatic heterocycles. The van der Waals surface area contributed by atoms with Crippen LogP contribution in [0.25, 0.3) is 11.3 Å². The first-order valence-corrected chi connectivity index (χ1v) is 9.24. The quantitative estimate of drug-likeness (QED) is 0.372. The normalized spacial score (nSPS) is 10.7. The number of anilines is 1. The van der Waals surface area contributed by atoms with Crippen molar-refractivity contribution < 1.29 is 14.3 Å². The summed E-state index contributed by atoms with van der Waals surface area (Å²) in [5.74, 6) is 0.156. The highest BCUT2D eigenvalue weighted by Crippen LogP contribution is 2.25. The van der Waals surface area contributed by atoms with Crippen molar-refractivity contribution in [2.75, 3.05) is 19.1 Å². The Morgan fingerprint density at radius 1 is 1.26 bits per heavy atom. The first-order valence-electron chi connectivity index (χ1n) is 8.36. The minimum Gasteiger partial charge on any atom is -0.493 e. The molecule has 3 aromatic rings. The Hall–Kier alpha value is -3.19. The number of hydrogen-bond donors (Lipinski definition) is 1. The molecule has 138 valence electrons. The van der Waals surface area contributed by atoms with Crippen molar-refractivity contribution in [1.29, 1.82) is 0 Å². The molecule has 3 rings (SSSR count). The van der Waals surface area contributed by atoms with E-state index in [0.717, 1.165) is 16.8 Å². The van der Waals surface area contributed by atoms with E-state index in [1.807, 2.05) is 42.6 Å². The number of nitrogens with zero attached hydrogens (tertiary/aromatic N) is 2. The molecular weight excluding hydrogens is 362 g/mol. The predicted octanol–water partition coefficient (Wildman–Crippen LogP) is 4.44. The van der Waals surface area contributed by atoms with Gasteiger partial charge in [0.05, 0.1) is 31.2 Å². The van der Waals surface area contributed by atoms with Gasteiger partial charge in [-0.05, 0) is 25.1 Å². The second kappa shape index (κ2) is 8.95. The second-order valence-corrected chi connectivity index (χ2v) is 6.31. The number of hydrazone groups is 1. The fraction of sp³-hybridized carbons (Fsp3) is 0.150. The molecule has 0 aliphatic rings. The van der Waals surface area contributed by atoms with Crippen LogP contribution in [-0.4, -0.2) is 30.9 Å².